The van der Waals surface area contributed by atoms with E-state index in [0.717, 1.165) is 18.2 Å². The number of carboxylic acids is 1. The number of aromatic carboxylic acids is 1. The van der Waals surface area contributed by atoms with Crippen molar-refractivity contribution in [3.05, 3.63) is 29.6 Å². The summed E-state index contributed by atoms with van der Waals surface area (Å²) >= 11 is 0. The van der Waals surface area contributed by atoms with Gasteiger partial charge in [-0.1, -0.05) is 20.8 Å². The number of hydrogen-bond acceptors (Lipinski definition) is 3. The minimum atomic E-state index is -1.23. The summed E-state index contributed by atoms with van der Waals surface area (Å²) in [6.07, 6.45) is 0. The van der Waals surface area contributed by atoms with Crippen molar-refractivity contribution >= 4 is 23.5 Å². The third kappa shape index (κ3) is 4.87. The van der Waals surface area contributed by atoms with Crippen molar-refractivity contribution in [2.45, 2.75) is 20.8 Å². The Bertz CT molecular complexity index is 579. The second-order valence-electron chi connectivity index (χ2n) is 5.48. The van der Waals surface area contributed by atoms with Gasteiger partial charge < -0.3 is 15.7 Å². The van der Waals surface area contributed by atoms with Gasteiger partial charge in [-0.2, -0.15) is 0 Å². The smallest absolute Gasteiger partial charge is 0.335 e. The van der Waals surface area contributed by atoms with Gasteiger partial charge in [0.1, 0.15) is 5.82 Å². The van der Waals surface area contributed by atoms with Crippen molar-refractivity contribution in [3.63, 3.8) is 0 Å². The van der Waals surface area contributed by atoms with Gasteiger partial charge in [0.25, 0.3) is 0 Å². The van der Waals surface area contributed by atoms with E-state index in [2.05, 4.69) is 10.6 Å². The number of carbonyl (C=O) groups is 3. The molecular formula is C14H17FN2O4. The fourth-order valence-corrected chi connectivity index (χ4v) is 1.37. The van der Waals surface area contributed by atoms with E-state index >= 15 is 0 Å². The second kappa shape index (κ2) is 6.34. The third-order valence-corrected chi connectivity index (χ3v) is 2.58. The summed E-state index contributed by atoms with van der Waals surface area (Å²) in [5, 5.41) is 13.4. The molecule has 0 saturated carbocycles. The molecule has 1 aromatic carbocycles. The Morgan fingerprint density at radius 2 is 1.86 bits per heavy atom. The van der Waals surface area contributed by atoms with Gasteiger partial charge in [0, 0.05) is 5.41 Å². The number of anilines is 1. The first-order chi connectivity index (χ1) is 9.61. The molecule has 0 aromatic heterocycles. The van der Waals surface area contributed by atoms with Gasteiger partial charge in [-0.15, -0.1) is 0 Å². The number of benzene rings is 1. The number of rotatable bonds is 4. The van der Waals surface area contributed by atoms with Crippen LogP contribution < -0.4 is 10.6 Å². The maximum Gasteiger partial charge on any atom is 0.335 e. The highest BCUT2D eigenvalue weighted by atomic mass is 19.1. The molecule has 21 heavy (non-hydrogen) atoms. The number of amides is 2. The van der Waals surface area contributed by atoms with E-state index in [-0.39, 0.29) is 23.7 Å². The lowest BCUT2D eigenvalue weighted by molar-refractivity contribution is -0.130. The monoisotopic (exact) mass is 296 g/mol. The molecule has 0 aliphatic heterocycles. The Kier molecular flexibility index (Phi) is 5.02. The number of hydrogen-bond donors (Lipinski definition) is 3. The molecule has 3 N–H and O–H groups in total. The van der Waals surface area contributed by atoms with Crippen molar-refractivity contribution in [1.82, 2.24) is 5.32 Å². The van der Waals surface area contributed by atoms with Crippen molar-refractivity contribution in [2.24, 2.45) is 5.41 Å². The fraction of sp³-hybridized carbons (Fsp3) is 0.357. The number of halogens is 1. The van der Waals surface area contributed by atoms with Crippen LogP contribution in [-0.2, 0) is 9.59 Å². The van der Waals surface area contributed by atoms with Gasteiger partial charge in [0.2, 0.25) is 11.8 Å². The Labute approximate surface area is 121 Å². The molecule has 6 nitrogen and oxygen atoms in total. The van der Waals surface area contributed by atoms with Gasteiger partial charge in [-0.25, -0.2) is 9.18 Å². The largest absolute Gasteiger partial charge is 0.478 e. The molecule has 0 saturated heterocycles. The van der Waals surface area contributed by atoms with Crippen molar-refractivity contribution in [3.8, 4) is 0 Å². The molecule has 0 spiro atoms. The normalized spacial score (nSPS) is 10.9. The molecule has 0 radical (unpaired) electrons. The zero-order valence-electron chi connectivity index (χ0n) is 12.0. The summed E-state index contributed by atoms with van der Waals surface area (Å²) in [5.41, 5.74) is -1.04. The van der Waals surface area contributed by atoms with Crippen LogP contribution in [0.15, 0.2) is 18.2 Å². The Morgan fingerprint density at radius 3 is 2.38 bits per heavy atom. The number of carbonyl (C=O) groups excluding carboxylic acids is 2. The standard InChI is InChI=1S/C14H17FN2O4/c1-14(2,3)13(21)16-7-11(18)17-10-6-8(12(19)20)4-5-9(10)15/h4-6H,7H2,1-3H3,(H,16,21)(H,17,18)(H,19,20). The van der Waals surface area contributed by atoms with Crippen LogP contribution in [0.25, 0.3) is 0 Å². The second-order valence-corrected chi connectivity index (χ2v) is 5.48. The molecule has 1 rings (SSSR count). The van der Waals surface area contributed by atoms with Crippen molar-refractivity contribution in [1.29, 1.82) is 0 Å². The first kappa shape index (κ1) is 16.6. The maximum absolute atomic E-state index is 13.5. The van der Waals surface area contributed by atoms with Crippen LogP contribution in [0.4, 0.5) is 10.1 Å². The van der Waals surface area contributed by atoms with Crippen LogP contribution in [0.5, 0.6) is 0 Å². The van der Waals surface area contributed by atoms with E-state index in [1.165, 1.54) is 0 Å². The quantitative estimate of drug-likeness (QED) is 0.786. The highest BCUT2D eigenvalue weighted by Gasteiger charge is 2.21. The average molecular weight is 296 g/mol. The van der Waals surface area contributed by atoms with Gasteiger partial charge in [-0.05, 0) is 18.2 Å². The van der Waals surface area contributed by atoms with E-state index < -0.39 is 23.1 Å². The lowest BCUT2D eigenvalue weighted by Crippen LogP contribution is -2.39. The summed E-state index contributed by atoms with van der Waals surface area (Å²) in [5.74, 6) is -2.95. The molecule has 0 heterocycles. The molecule has 0 aliphatic carbocycles. The van der Waals surface area contributed by atoms with Crippen LogP contribution in [0.1, 0.15) is 31.1 Å². The average Bonchev–Trinajstić information content (AvgIpc) is 2.37. The molecule has 114 valence electrons. The summed E-state index contributed by atoms with van der Waals surface area (Å²) in [6.45, 7) is 4.75. The van der Waals surface area contributed by atoms with Crippen LogP contribution in [0.3, 0.4) is 0 Å². The Balaban J connectivity index is 2.69. The zero-order chi connectivity index (χ0) is 16.2. The predicted molar refractivity (Wildman–Crippen MR) is 74.5 cm³/mol. The van der Waals surface area contributed by atoms with E-state index in [9.17, 15) is 18.8 Å². The first-order valence-electron chi connectivity index (χ1n) is 6.22. The maximum atomic E-state index is 13.5. The zero-order valence-corrected chi connectivity index (χ0v) is 12.0. The molecule has 7 heteroatoms. The van der Waals surface area contributed by atoms with Gasteiger partial charge in [-0.3, -0.25) is 9.59 Å². The fourth-order valence-electron chi connectivity index (χ4n) is 1.37. The Hall–Kier alpha value is -2.44. The molecule has 0 unspecified atom stereocenters. The Morgan fingerprint density at radius 1 is 1.24 bits per heavy atom. The van der Waals surface area contributed by atoms with Gasteiger partial charge >= 0.3 is 5.97 Å². The topological polar surface area (TPSA) is 95.5 Å². The van der Waals surface area contributed by atoms with E-state index in [1.54, 1.807) is 20.8 Å². The minimum absolute atomic E-state index is 0.148. The molecule has 1 aromatic rings. The highest BCUT2D eigenvalue weighted by Crippen LogP contribution is 2.16. The van der Waals surface area contributed by atoms with Gasteiger partial charge in [0.15, 0.2) is 0 Å². The summed E-state index contributed by atoms with van der Waals surface area (Å²) in [6, 6.07) is 3.06. The molecule has 0 fully saturated rings. The summed E-state index contributed by atoms with van der Waals surface area (Å²) < 4.78 is 13.5. The number of carboxylic acid groups (broad SMARTS) is 1. The van der Waals surface area contributed by atoms with E-state index in [4.69, 9.17) is 5.11 Å². The van der Waals surface area contributed by atoms with Crippen molar-refractivity contribution < 1.29 is 23.9 Å². The molecule has 0 aliphatic rings. The lowest BCUT2D eigenvalue weighted by Gasteiger charge is -2.17. The van der Waals surface area contributed by atoms with E-state index in [0.29, 0.717) is 0 Å². The summed E-state index contributed by atoms with van der Waals surface area (Å²) in [4.78, 5) is 34.0. The lowest BCUT2D eigenvalue weighted by atomic mass is 9.96. The predicted octanol–water partition coefficient (Wildman–Crippen LogP) is 1.62. The van der Waals surface area contributed by atoms with E-state index in [1.807, 2.05) is 0 Å². The SMILES string of the molecule is CC(C)(C)C(=O)NCC(=O)Nc1cc(C(=O)O)ccc1F. The van der Waals surface area contributed by atoms with Crippen LogP contribution >= 0.6 is 0 Å². The molecule has 0 bridgehead atoms. The molecular weight excluding hydrogens is 279 g/mol. The van der Waals surface area contributed by atoms with Crippen molar-refractivity contribution in [2.75, 3.05) is 11.9 Å². The molecule has 2 amide bonds. The summed E-state index contributed by atoms with van der Waals surface area (Å²) in [7, 11) is 0. The molecule has 0 atom stereocenters. The highest BCUT2D eigenvalue weighted by molar-refractivity contribution is 5.96. The number of nitrogens with one attached hydrogen (secondary N) is 2. The first-order valence-corrected chi connectivity index (χ1v) is 6.22. The minimum Gasteiger partial charge on any atom is -0.478 e. The van der Waals surface area contributed by atoms with Gasteiger partial charge in [0.05, 0.1) is 17.8 Å². The third-order valence-electron chi connectivity index (χ3n) is 2.58. The van der Waals surface area contributed by atoms with Crippen LogP contribution in [0, 0.1) is 11.2 Å². The van der Waals surface area contributed by atoms with Crippen LogP contribution in [-0.4, -0.2) is 29.4 Å². The van der Waals surface area contributed by atoms with Crippen LogP contribution in [0.2, 0.25) is 0 Å².